The van der Waals surface area contributed by atoms with Crippen molar-refractivity contribution >= 4 is 5.91 Å². The molecule has 76 valence electrons. The predicted octanol–water partition coefficient (Wildman–Crippen LogP) is -0.124. The van der Waals surface area contributed by atoms with Crippen molar-refractivity contribution in [2.45, 2.75) is 25.9 Å². The van der Waals surface area contributed by atoms with Crippen LogP contribution in [0.2, 0.25) is 0 Å². The monoisotopic (exact) mass is 186 g/mol. The Morgan fingerprint density at radius 3 is 2.77 bits per heavy atom. The third-order valence-corrected chi connectivity index (χ3v) is 2.44. The maximum absolute atomic E-state index is 10.7. The fourth-order valence-corrected chi connectivity index (χ4v) is 1.41. The highest BCUT2D eigenvalue weighted by Gasteiger charge is 2.16. The van der Waals surface area contributed by atoms with E-state index in [-0.39, 0.29) is 5.91 Å². The number of ether oxygens (including phenoxy) is 1. The zero-order valence-corrected chi connectivity index (χ0v) is 8.08. The van der Waals surface area contributed by atoms with Crippen LogP contribution in [0.15, 0.2) is 0 Å². The van der Waals surface area contributed by atoms with Crippen LogP contribution in [0.5, 0.6) is 0 Å². The second-order valence-electron chi connectivity index (χ2n) is 3.57. The molecule has 4 nitrogen and oxygen atoms in total. The first kappa shape index (κ1) is 10.5. The molecule has 0 bridgehead atoms. The number of rotatable bonds is 4. The quantitative estimate of drug-likeness (QED) is 0.643. The Bertz CT molecular complexity index is 167. The molecule has 13 heavy (non-hydrogen) atoms. The van der Waals surface area contributed by atoms with Crippen molar-refractivity contribution in [3.8, 4) is 0 Å². The second kappa shape index (κ2) is 5.19. The van der Waals surface area contributed by atoms with Gasteiger partial charge in [0.25, 0.3) is 0 Å². The standard InChI is InChI=1S/C9H18N2O2/c1-7(9(10)12)13-6-8-2-4-11-5-3-8/h7-8,11H,2-6H2,1H3,(H2,10,12). The normalized spacial score (nSPS) is 21.3. The van der Waals surface area contributed by atoms with E-state index in [9.17, 15) is 4.79 Å². The minimum atomic E-state index is -0.449. The molecule has 4 heteroatoms. The van der Waals surface area contributed by atoms with Crippen molar-refractivity contribution < 1.29 is 9.53 Å². The van der Waals surface area contributed by atoms with Crippen LogP contribution in [0.4, 0.5) is 0 Å². The van der Waals surface area contributed by atoms with Gasteiger partial charge in [-0.05, 0) is 38.8 Å². The highest BCUT2D eigenvalue weighted by Crippen LogP contribution is 2.12. The maximum Gasteiger partial charge on any atom is 0.246 e. The number of carbonyl (C=O) groups is 1. The zero-order chi connectivity index (χ0) is 9.68. The Balaban J connectivity index is 2.13. The van der Waals surface area contributed by atoms with Crippen molar-refractivity contribution in [1.82, 2.24) is 5.32 Å². The summed E-state index contributed by atoms with van der Waals surface area (Å²) in [4.78, 5) is 10.7. The minimum Gasteiger partial charge on any atom is -0.368 e. The molecule has 1 aliphatic heterocycles. The summed E-state index contributed by atoms with van der Waals surface area (Å²) in [5.74, 6) is 0.206. The highest BCUT2D eigenvalue weighted by atomic mass is 16.5. The van der Waals surface area contributed by atoms with Gasteiger partial charge in [0.05, 0.1) is 6.61 Å². The molecule has 1 unspecified atom stereocenters. The van der Waals surface area contributed by atoms with Crippen LogP contribution in [0, 0.1) is 5.92 Å². The molecule has 0 radical (unpaired) electrons. The van der Waals surface area contributed by atoms with E-state index in [0.717, 1.165) is 25.9 Å². The molecule has 1 aliphatic rings. The van der Waals surface area contributed by atoms with Gasteiger partial charge in [-0.3, -0.25) is 4.79 Å². The van der Waals surface area contributed by atoms with Gasteiger partial charge in [-0.2, -0.15) is 0 Å². The third-order valence-electron chi connectivity index (χ3n) is 2.44. The smallest absolute Gasteiger partial charge is 0.246 e. The fourth-order valence-electron chi connectivity index (χ4n) is 1.41. The Morgan fingerprint density at radius 2 is 2.23 bits per heavy atom. The lowest BCUT2D eigenvalue weighted by molar-refractivity contribution is -0.129. The predicted molar refractivity (Wildman–Crippen MR) is 50.2 cm³/mol. The van der Waals surface area contributed by atoms with E-state index in [1.54, 1.807) is 6.92 Å². The van der Waals surface area contributed by atoms with Gasteiger partial charge >= 0.3 is 0 Å². The van der Waals surface area contributed by atoms with Crippen LogP contribution in [-0.2, 0) is 9.53 Å². The fraction of sp³-hybridized carbons (Fsp3) is 0.889. The van der Waals surface area contributed by atoms with Crippen molar-refractivity contribution in [2.24, 2.45) is 11.7 Å². The van der Waals surface area contributed by atoms with Gasteiger partial charge in [-0.15, -0.1) is 0 Å². The summed E-state index contributed by atoms with van der Waals surface area (Å²) < 4.78 is 5.34. The van der Waals surface area contributed by atoms with Crippen LogP contribution >= 0.6 is 0 Å². The molecule has 1 atom stereocenters. The van der Waals surface area contributed by atoms with Gasteiger partial charge in [0.15, 0.2) is 0 Å². The maximum atomic E-state index is 10.7. The van der Waals surface area contributed by atoms with E-state index in [1.165, 1.54) is 0 Å². The number of hydrogen-bond donors (Lipinski definition) is 2. The molecular weight excluding hydrogens is 168 g/mol. The number of nitrogens with one attached hydrogen (secondary N) is 1. The van der Waals surface area contributed by atoms with Gasteiger partial charge in [-0.1, -0.05) is 0 Å². The Kier molecular flexibility index (Phi) is 4.18. The molecule has 0 saturated carbocycles. The van der Waals surface area contributed by atoms with Crippen molar-refractivity contribution in [3.05, 3.63) is 0 Å². The Morgan fingerprint density at radius 1 is 1.62 bits per heavy atom. The number of hydrogen-bond acceptors (Lipinski definition) is 3. The molecular formula is C9H18N2O2. The molecule has 0 aromatic rings. The first-order valence-electron chi connectivity index (χ1n) is 4.82. The molecule has 0 aromatic heterocycles. The van der Waals surface area contributed by atoms with E-state index >= 15 is 0 Å². The average molecular weight is 186 g/mol. The molecule has 3 N–H and O–H groups in total. The van der Waals surface area contributed by atoms with Gasteiger partial charge in [-0.25, -0.2) is 0 Å². The number of primary amides is 1. The molecule has 0 aromatic carbocycles. The number of piperidine rings is 1. The van der Waals surface area contributed by atoms with Crippen LogP contribution in [0.3, 0.4) is 0 Å². The first-order valence-corrected chi connectivity index (χ1v) is 4.82. The minimum absolute atomic E-state index is 0.381. The van der Waals surface area contributed by atoms with E-state index in [4.69, 9.17) is 10.5 Å². The summed E-state index contributed by atoms with van der Waals surface area (Å²) in [6.45, 7) is 4.47. The summed E-state index contributed by atoms with van der Waals surface area (Å²) in [7, 11) is 0. The van der Waals surface area contributed by atoms with Gasteiger partial charge < -0.3 is 15.8 Å². The van der Waals surface area contributed by atoms with Gasteiger partial charge in [0, 0.05) is 0 Å². The molecule has 1 saturated heterocycles. The average Bonchev–Trinajstić information content (AvgIpc) is 2.15. The topological polar surface area (TPSA) is 64.3 Å². The van der Waals surface area contributed by atoms with E-state index in [0.29, 0.717) is 12.5 Å². The number of carbonyl (C=O) groups excluding carboxylic acids is 1. The van der Waals surface area contributed by atoms with Gasteiger partial charge in [0.2, 0.25) is 5.91 Å². The highest BCUT2D eigenvalue weighted by molar-refractivity contribution is 5.78. The molecule has 1 heterocycles. The van der Waals surface area contributed by atoms with Crippen molar-refractivity contribution in [2.75, 3.05) is 19.7 Å². The van der Waals surface area contributed by atoms with Crippen LogP contribution in [0.1, 0.15) is 19.8 Å². The lowest BCUT2D eigenvalue weighted by atomic mass is 9.99. The lowest BCUT2D eigenvalue weighted by Gasteiger charge is -2.23. The van der Waals surface area contributed by atoms with E-state index < -0.39 is 6.10 Å². The molecule has 0 spiro atoms. The second-order valence-corrected chi connectivity index (χ2v) is 3.57. The molecule has 1 amide bonds. The summed E-state index contributed by atoms with van der Waals surface area (Å²) in [6, 6.07) is 0. The van der Waals surface area contributed by atoms with Crippen molar-refractivity contribution in [1.29, 1.82) is 0 Å². The first-order chi connectivity index (χ1) is 6.20. The SMILES string of the molecule is CC(OCC1CCNCC1)C(N)=O. The molecule has 1 fully saturated rings. The molecule has 1 rings (SSSR count). The van der Waals surface area contributed by atoms with Crippen LogP contribution < -0.4 is 11.1 Å². The Hall–Kier alpha value is -0.610. The van der Waals surface area contributed by atoms with E-state index in [2.05, 4.69) is 5.32 Å². The summed E-state index contributed by atoms with van der Waals surface area (Å²) in [5.41, 5.74) is 5.08. The third kappa shape index (κ3) is 3.74. The largest absolute Gasteiger partial charge is 0.368 e. The summed E-state index contributed by atoms with van der Waals surface area (Å²) >= 11 is 0. The van der Waals surface area contributed by atoms with Crippen LogP contribution in [-0.4, -0.2) is 31.7 Å². The number of amides is 1. The van der Waals surface area contributed by atoms with Crippen LogP contribution in [0.25, 0.3) is 0 Å². The van der Waals surface area contributed by atoms with Crippen molar-refractivity contribution in [3.63, 3.8) is 0 Å². The number of nitrogens with two attached hydrogens (primary N) is 1. The Labute approximate surface area is 78.8 Å². The molecule has 0 aliphatic carbocycles. The zero-order valence-electron chi connectivity index (χ0n) is 8.08. The summed E-state index contributed by atoms with van der Waals surface area (Å²) in [6.07, 6.45) is 1.81. The van der Waals surface area contributed by atoms with E-state index in [1.807, 2.05) is 0 Å². The lowest BCUT2D eigenvalue weighted by Crippen LogP contribution is -2.33. The summed E-state index contributed by atoms with van der Waals surface area (Å²) in [5, 5.41) is 3.28. The van der Waals surface area contributed by atoms with Gasteiger partial charge in [0.1, 0.15) is 6.10 Å².